The van der Waals surface area contributed by atoms with Gasteiger partial charge in [-0.15, -0.1) is 11.5 Å². The van der Waals surface area contributed by atoms with Crippen LogP contribution in [-0.2, 0) is 12.1 Å². The molecular formula is C26H31ClN2O2Si. The fourth-order valence-corrected chi connectivity index (χ4v) is 5.32. The van der Waals surface area contributed by atoms with Crippen molar-refractivity contribution >= 4 is 31.4 Å². The minimum atomic E-state index is -1.42. The first-order valence-electron chi connectivity index (χ1n) is 11.2. The van der Waals surface area contributed by atoms with Crippen LogP contribution >= 0.6 is 11.6 Å². The van der Waals surface area contributed by atoms with Gasteiger partial charge in [0, 0.05) is 17.0 Å². The summed E-state index contributed by atoms with van der Waals surface area (Å²) in [7, 11) is 0.229. The van der Waals surface area contributed by atoms with E-state index in [1.54, 1.807) is 7.11 Å². The molecule has 2 aliphatic rings. The molecule has 0 aromatic heterocycles. The molecule has 1 aliphatic heterocycles. The van der Waals surface area contributed by atoms with E-state index in [2.05, 4.69) is 36.4 Å². The zero-order valence-corrected chi connectivity index (χ0v) is 21.1. The number of ether oxygens (including phenoxy) is 1. The molecule has 1 saturated carbocycles. The Morgan fingerprint density at radius 3 is 2.53 bits per heavy atom. The van der Waals surface area contributed by atoms with Crippen molar-refractivity contribution in [2.45, 2.75) is 57.4 Å². The maximum absolute atomic E-state index is 13.4. The molecule has 1 unspecified atom stereocenters. The number of hydrogen-bond acceptors (Lipinski definition) is 2. The molecule has 168 valence electrons. The summed E-state index contributed by atoms with van der Waals surface area (Å²) in [4.78, 5) is 15.3. The molecule has 32 heavy (non-hydrogen) atoms. The first kappa shape index (κ1) is 22.8. The maximum Gasteiger partial charge on any atom is 0.322 e. The van der Waals surface area contributed by atoms with E-state index in [0.717, 1.165) is 48.2 Å². The minimum Gasteiger partial charge on any atom is -0.497 e. The Morgan fingerprint density at radius 2 is 1.91 bits per heavy atom. The topological polar surface area (TPSA) is 41.6 Å². The molecule has 0 bridgehead atoms. The Kier molecular flexibility index (Phi) is 6.29. The normalized spacial score (nSPS) is 20.2. The van der Waals surface area contributed by atoms with E-state index in [-0.39, 0.29) is 6.03 Å². The number of carbonyl (C=O) groups excluding carboxylic acids is 1. The summed E-state index contributed by atoms with van der Waals surface area (Å²) in [5.74, 6) is 4.64. The van der Waals surface area contributed by atoms with Gasteiger partial charge in [0.1, 0.15) is 13.8 Å². The van der Waals surface area contributed by atoms with Gasteiger partial charge < -0.3 is 10.1 Å². The fourth-order valence-electron chi connectivity index (χ4n) is 4.49. The second kappa shape index (κ2) is 8.84. The molecule has 4 rings (SSSR count). The van der Waals surface area contributed by atoms with Crippen molar-refractivity contribution in [1.82, 2.24) is 5.32 Å². The number of anilines is 1. The molecule has 1 fully saturated rings. The van der Waals surface area contributed by atoms with Crippen LogP contribution < -0.4 is 15.0 Å². The van der Waals surface area contributed by atoms with Crippen molar-refractivity contribution in [3.8, 4) is 17.2 Å². The molecule has 2 aromatic rings. The van der Waals surface area contributed by atoms with E-state index < -0.39 is 13.6 Å². The third kappa shape index (κ3) is 4.82. The van der Waals surface area contributed by atoms with Crippen LogP contribution in [0.4, 0.5) is 10.5 Å². The van der Waals surface area contributed by atoms with Gasteiger partial charge in [-0.05, 0) is 61.1 Å². The predicted octanol–water partition coefficient (Wildman–Crippen LogP) is 6.34. The van der Waals surface area contributed by atoms with Crippen molar-refractivity contribution in [1.29, 1.82) is 0 Å². The van der Waals surface area contributed by atoms with Gasteiger partial charge in [-0.25, -0.2) is 4.79 Å². The average molecular weight is 467 g/mol. The average Bonchev–Trinajstić information content (AvgIpc) is 3.59. The van der Waals surface area contributed by atoms with Gasteiger partial charge in [-0.1, -0.05) is 43.4 Å². The van der Waals surface area contributed by atoms with Gasteiger partial charge >= 0.3 is 6.03 Å². The van der Waals surface area contributed by atoms with E-state index in [1.165, 1.54) is 0 Å². The minimum absolute atomic E-state index is 0.0549. The number of benzene rings is 2. The van der Waals surface area contributed by atoms with Gasteiger partial charge in [0.2, 0.25) is 0 Å². The molecule has 1 atom stereocenters. The Morgan fingerprint density at radius 1 is 1.19 bits per heavy atom. The highest BCUT2D eigenvalue weighted by molar-refractivity contribution is 6.83. The van der Waals surface area contributed by atoms with Gasteiger partial charge in [0.25, 0.3) is 0 Å². The lowest BCUT2D eigenvalue weighted by Crippen LogP contribution is -2.57. The lowest BCUT2D eigenvalue weighted by Gasteiger charge is -2.44. The number of halogens is 1. The lowest BCUT2D eigenvalue weighted by molar-refractivity contribution is 0.211. The molecule has 6 heteroatoms. The number of rotatable bonds is 6. The number of urea groups is 1. The summed E-state index contributed by atoms with van der Waals surface area (Å²) in [5.41, 5.74) is 6.17. The van der Waals surface area contributed by atoms with E-state index in [1.807, 2.05) is 47.4 Å². The van der Waals surface area contributed by atoms with Crippen molar-refractivity contribution in [2.24, 2.45) is 5.92 Å². The van der Waals surface area contributed by atoms with Crippen molar-refractivity contribution < 1.29 is 9.53 Å². The SMILES string of the molecule is COc1ccc(CN2C(=O)NC(CCC#C[Si](C)(C)C)(C3CC3)c3cc(Cl)ccc32)cc1. The number of amides is 2. The summed E-state index contributed by atoms with van der Waals surface area (Å²) in [6.07, 6.45) is 3.81. The molecule has 0 spiro atoms. The van der Waals surface area contributed by atoms with E-state index in [4.69, 9.17) is 16.3 Å². The summed E-state index contributed by atoms with van der Waals surface area (Å²) in [6.45, 7) is 7.25. The molecule has 1 aliphatic carbocycles. The zero-order valence-electron chi connectivity index (χ0n) is 19.3. The summed E-state index contributed by atoms with van der Waals surface area (Å²) < 4.78 is 5.26. The molecule has 1 N–H and O–H groups in total. The van der Waals surface area contributed by atoms with E-state index >= 15 is 0 Å². The Hall–Kier alpha value is -2.42. The van der Waals surface area contributed by atoms with Gasteiger partial charge in [-0.2, -0.15) is 0 Å². The van der Waals surface area contributed by atoms with Crippen LogP contribution in [0.1, 0.15) is 36.8 Å². The van der Waals surface area contributed by atoms with Gasteiger partial charge in [0.05, 0.1) is 24.9 Å². The number of hydrogen-bond donors (Lipinski definition) is 1. The highest BCUT2D eigenvalue weighted by atomic mass is 35.5. The summed E-state index contributed by atoms with van der Waals surface area (Å²) in [5, 5.41) is 4.11. The number of nitrogens with one attached hydrogen (secondary N) is 1. The first-order chi connectivity index (χ1) is 15.2. The molecule has 0 saturated heterocycles. The molecule has 1 heterocycles. The third-order valence-corrected chi connectivity index (χ3v) is 7.35. The number of nitrogens with zero attached hydrogens (tertiary/aromatic N) is 1. The number of carbonyl (C=O) groups is 1. The second-order valence-corrected chi connectivity index (χ2v) is 15.0. The molecule has 2 amide bonds. The van der Waals surface area contributed by atoms with Crippen LogP contribution in [0.2, 0.25) is 24.7 Å². The Balaban J connectivity index is 1.68. The Labute approximate surface area is 197 Å². The van der Waals surface area contributed by atoms with Crippen LogP contribution in [0.3, 0.4) is 0 Å². The maximum atomic E-state index is 13.4. The summed E-state index contributed by atoms with van der Waals surface area (Å²) in [6, 6.07) is 13.7. The lowest BCUT2D eigenvalue weighted by atomic mass is 9.78. The van der Waals surface area contributed by atoms with Gasteiger partial charge in [0.15, 0.2) is 0 Å². The highest BCUT2D eigenvalue weighted by Crippen LogP contribution is 2.53. The quantitative estimate of drug-likeness (QED) is 0.398. The van der Waals surface area contributed by atoms with Crippen LogP contribution in [-0.4, -0.2) is 21.2 Å². The second-order valence-electron chi connectivity index (χ2n) is 9.82. The largest absolute Gasteiger partial charge is 0.497 e. The predicted molar refractivity (Wildman–Crippen MR) is 134 cm³/mol. The van der Waals surface area contributed by atoms with Crippen LogP contribution in [0, 0.1) is 17.4 Å². The van der Waals surface area contributed by atoms with Gasteiger partial charge in [-0.3, -0.25) is 4.90 Å². The van der Waals surface area contributed by atoms with E-state index in [0.29, 0.717) is 17.5 Å². The van der Waals surface area contributed by atoms with Crippen LogP contribution in [0.5, 0.6) is 5.75 Å². The zero-order chi connectivity index (χ0) is 22.9. The van der Waals surface area contributed by atoms with E-state index in [9.17, 15) is 4.79 Å². The standard InChI is InChI=1S/C26H31ClN2O2Si/c1-31-22-12-7-19(8-13-22)18-29-24-14-11-21(27)17-23(24)26(20-9-10-20,28-25(29)30)15-5-6-16-32(2,3)4/h7-8,11-14,17,20H,5,9-10,15,18H2,1-4H3,(H,28,30). The van der Waals surface area contributed by atoms with Crippen LogP contribution in [0.15, 0.2) is 42.5 Å². The molecular weight excluding hydrogens is 436 g/mol. The molecule has 2 aromatic carbocycles. The number of methoxy groups -OCH3 is 1. The monoisotopic (exact) mass is 466 g/mol. The molecule has 4 nitrogen and oxygen atoms in total. The first-order valence-corrected chi connectivity index (χ1v) is 15.1. The smallest absolute Gasteiger partial charge is 0.322 e. The van der Waals surface area contributed by atoms with Crippen molar-refractivity contribution in [3.05, 3.63) is 58.6 Å². The third-order valence-electron chi connectivity index (χ3n) is 6.19. The molecule has 0 radical (unpaired) electrons. The highest BCUT2D eigenvalue weighted by Gasteiger charge is 2.51. The fraction of sp³-hybridized carbons (Fsp3) is 0.423. The summed E-state index contributed by atoms with van der Waals surface area (Å²) >= 11 is 6.46. The van der Waals surface area contributed by atoms with Crippen molar-refractivity contribution in [2.75, 3.05) is 12.0 Å². The van der Waals surface area contributed by atoms with Crippen LogP contribution in [0.25, 0.3) is 0 Å². The van der Waals surface area contributed by atoms with Crippen molar-refractivity contribution in [3.63, 3.8) is 0 Å². The number of fused-ring (bicyclic) bond motifs is 1. The Bertz CT molecular complexity index is 1060.